The van der Waals surface area contributed by atoms with Gasteiger partial charge in [-0.05, 0) is 19.2 Å². The third-order valence-corrected chi connectivity index (χ3v) is 4.33. The Hall–Kier alpha value is -1.00. The number of fused-ring (bicyclic) bond motifs is 1. The maximum absolute atomic E-state index is 12.0. The minimum absolute atomic E-state index is 0.0647. The molecule has 0 saturated heterocycles. The zero-order valence-corrected chi connectivity index (χ0v) is 10.4. The van der Waals surface area contributed by atoms with Gasteiger partial charge in [-0.1, -0.05) is 18.2 Å². The zero-order chi connectivity index (χ0) is 11.9. The van der Waals surface area contributed by atoms with Gasteiger partial charge in [0, 0.05) is 18.2 Å². The van der Waals surface area contributed by atoms with Gasteiger partial charge < -0.3 is 10.0 Å². The molecule has 0 fully saturated rings. The number of hydrogen-bond donors (Lipinski definition) is 1. The van der Waals surface area contributed by atoms with E-state index in [-0.39, 0.29) is 11.2 Å². The molecule has 1 amide bonds. The minimum atomic E-state index is -1.19. The van der Waals surface area contributed by atoms with Crippen molar-refractivity contribution in [3.63, 3.8) is 0 Å². The molecule has 2 atom stereocenters. The highest BCUT2D eigenvalue weighted by Crippen LogP contribution is 2.41. The van der Waals surface area contributed by atoms with Crippen molar-refractivity contribution in [2.75, 3.05) is 13.3 Å². The van der Waals surface area contributed by atoms with E-state index in [9.17, 15) is 9.90 Å². The maximum Gasteiger partial charge on any atom is 0.256 e. The molecule has 4 heteroatoms. The molecule has 0 aliphatic carbocycles. The van der Waals surface area contributed by atoms with Gasteiger partial charge in [0.2, 0.25) is 0 Å². The number of nitrogens with zero attached hydrogens (tertiary/aromatic N) is 1. The maximum atomic E-state index is 12.0. The topological polar surface area (TPSA) is 40.5 Å². The number of benzene rings is 1. The summed E-state index contributed by atoms with van der Waals surface area (Å²) in [7, 11) is 1.65. The zero-order valence-electron chi connectivity index (χ0n) is 9.60. The van der Waals surface area contributed by atoms with Gasteiger partial charge >= 0.3 is 0 Å². The van der Waals surface area contributed by atoms with Crippen LogP contribution in [0.2, 0.25) is 0 Å². The second-order valence-corrected chi connectivity index (χ2v) is 5.19. The van der Waals surface area contributed by atoms with Crippen LogP contribution in [0.5, 0.6) is 0 Å². The van der Waals surface area contributed by atoms with Crippen LogP contribution in [-0.2, 0) is 5.72 Å². The van der Waals surface area contributed by atoms with E-state index in [1.807, 2.05) is 31.4 Å². The van der Waals surface area contributed by atoms with E-state index < -0.39 is 5.72 Å². The Morgan fingerprint density at radius 1 is 1.44 bits per heavy atom. The highest BCUT2D eigenvalue weighted by molar-refractivity contribution is 7.99. The quantitative estimate of drug-likeness (QED) is 0.850. The summed E-state index contributed by atoms with van der Waals surface area (Å²) in [4.78, 5) is 13.4. The fourth-order valence-electron chi connectivity index (χ4n) is 2.16. The minimum Gasteiger partial charge on any atom is -0.366 e. The van der Waals surface area contributed by atoms with E-state index in [1.165, 1.54) is 4.90 Å². The summed E-state index contributed by atoms with van der Waals surface area (Å²) in [6.45, 7) is 1.93. The molecule has 1 unspecified atom stereocenters. The van der Waals surface area contributed by atoms with E-state index in [2.05, 4.69) is 0 Å². The van der Waals surface area contributed by atoms with Crippen LogP contribution in [0.15, 0.2) is 24.3 Å². The average molecular weight is 237 g/mol. The first-order chi connectivity index (χ1) is 7.53. The summed E-state index contributed by atoms with van der Waals surface area (Å²) in [6, 6.07) is 7.26. The fourth-order valence-corrected chi connectivity index (χ4v) is 2.78. The normalized spacial score (nSPS) is 25.8. The number of rotatable bonds is 2. The molecule has 86 valence electrons. The van der Waals surface area contributed by atoms with Gasteiger partial charge in [0.25, 0.3) is 5.91 Å². The fraction of sp³-hybridized carbons (Fsp3) is 0.417. The summed E-state index contributed by atoms with van der Waals surface area (Å²) in [6.07, 6.45) is 1.93. The number of hydrogen-bond acceptors (Lipinski definition) is 3. The van der Waals surface area contributed by atoms with Crippen LogP contribution in [-0.4, -0.2) is 34.5 Å². The second kappa shape index (κ2) is 3.79. The lowest BCUT2D eigenvalue weighted by Gasteiger charge is -2.36. The molecule has 2 rings (SSSR count). The van der Waals surface area contributed by atoms with Crippen molar-refractivity contribution in [2.45, 2.75) is 17.9 Å². The smallest absolute Gasteiger partial charge is 0.256 e. The first-order valence-electron chi connectivity index (χ1n) is 5.16. The van der Waals surface area contributed by atoms with Crippen LogP contribution in [0.25, 0.3) is 0 Å². The third-order valence-electron chi connectivity index (χ3n) is 3.29. The first-order valence-corrected chi connectivity index (χ1v) is 6.45. The van der Waals surface area contributed by atoms with Crippen molar-refractivity contribution in [3.8, 4) is 0 Å². The standard InChI is InChI=1S/C12H15NO2S/c1-8(16-3)12(15)10-7-5-4-6-9(10)11(14)13(12)2/h4-8,15H,1-3H3/t8?,12-/m1/s1. The molecule has 0 bridgehead atoms. The van der Waals surface area contributed by atoms with Crippen molar-refractivity contribution in [1.29, 1.82) is 0 Å². The Morgan fingerprint density at radius 3 is 2.69 bits per heavy atom. The Kier molecular flexibility index (Phi) is 2.72. The van der Waals surface area contributed by atoms with Gasteiger partial charge in [-0.25, -0.2) is 0 Å². The molecule has 3 nitrogen and oxygen atoms in total. The summed E-state index contributed by atoms with van der Waals surface area (Å²) in [5, 5.41) is 10.7. The highest BCUT2D eigenvalue weighted by atomic mass is 32.2. The van der Waals surface area contributed by atoms with E-state index in [0.717, 1.165) is 0 Å². The molecule has 1 aromatic carbocycles. The van der Waals surface area contributed by atoms with Crippen molar-refractivity contribution >= 4 is 17.7 Å². The number of amides is 1. The molecule has 0 spiro atoms. The average Bonchev–Trinajstić information content (AvgIpc) is 2.52. The molecule has 1 N–H and O–H groups in total. The lowest BCUT2D eigenvalue weighted by molar-refractivity contribution is -0.0698. The van der Waals surface area contributed by atoms with Crippen LogP contribution in [0.4, 0.5) is 0 Å². The molecule has 1 aliphatic rings. The lowest BCUT2D eigenvalue weighted by Crippen LogP contribution is -2.47. The van der Waals surface area contributed by atoms with Crippen LogP contribution in [0.3, 0.4) is 0 Å². The molecular weight excluding hydrogens is 222 g/mol. The lowest BCUT2D eigenvalue weighted by atomic mass is 9.99. The third kappa shape index (κ3) is 1.30. The number of carbonyl (C=O) groups is 1. The SMILES string of the molecule is CSC(C)[C@@]1(O)c2ccccc2C(=O)N1C. The molecule has 1 aromatic rings. The van der Waals surface area contributed by atoms with Crippen molar-refractivity contribution in [3.05, 3.63) is 35.4 Å². The van der Waals surface area contributed by atoms with Crippen LogP contribution >= 0.6 is 11.8 Å². The van der Waals surface area contributed by atoms with Gasteiger partial charge in [0.15, 0.2) is 5.72 Å². The van der Waals surface area contributed by atoms with Crippen LogP contribution in [0, 0.1) is 0 Å². The van der Waals surface area contributed by atoms with E-state index in [1.54, 1.807) is 24.9 Å². The summed E-state index contributed by atoms with van der Waals surface area (Å²) >= 11 is 1.55. The largest absolute Gasteiger partial charge is 0.366 e. The van der Waals surface area contributed by atoms with Crippen LogP contribution in [0.1, 0.15) is 22.8 Å². The predicted molar refractivity (Wildman–Crippen MR) is 65.4 cm³/mol. The summed E-state index contributed by atoms with van der Waals surface area (Å²) < 4.78 is 0. The number of thioether (sulfide) groups is 1. The van der Waals surface area contributed by atoms with E-state index in [4.69, 9.17) is 0 Å². The van der Waals surface area contributed by atoms with Crippen LogP contribution < -0.4 is 0 Å². The Labute approximate surface area is 99.5 Å². The summed E-state index contributed by atoms with van der Waals surface area (Å²) in [5.74, 6) is -0.112. The monoisotopic (exact) mass is 237 g/mol. The number of carbonyl (C=O) groups excluding carboxylic acids is 1. The molecular formula is C12H15NO2S. The molecule has 1 aliphatic heterocycles. The van der Waals surface area contributed by atoms with E-state index in [0.29, 0.717) is 11.1 Å². The molecule has 1 heterocycles. The molecule has 0 aromatic heterocycles. The summed E-state index contributed by atoms with van der Waals surface area (Å²) in [5.41, 5.74) is 0.130. The Morgan fingerprint density at radius 2 is 2.06 bits per heavy atom. The molecule has 16 heavy (non-hydrogen) atoms. The van der Waals surface area contributed by atoms with Gasteiger partial charge in [-0.2, -0.15) is 11.8 Å². The molecule has 0 saturated carbocycles. The van der Waals surface area contributed by atoms with Gasteiger partial charge in [0.05, 0.1) is 5.25 Å². The van der Waals surface area contributed by atoms with Crippen molar-refractivity contribution in [1.82, 2.24) is 4.90 Å². The number of aliphatic hydroxyl groups is 1. The molecule has 0 radical (unpaired) electrons. The Balaban J connectivity index is 2.60. The Bertz CT molecular complexity index is 435. The predicted octanol–water partition coefficient (Wildman–Crippen LogP) is 1.67. The van der Waals surface area contributed by atoms with Crippen molar-refractivity contribution in [2.24, 2.45) is 0 Å². The van der Waals surface area contributed by atoms with Gasteiger partial charge in [-0.3, -0.25) is 4.79 Å². The van der Waals surface area contributed by atoms with Gasteiger partial charge in [-0.15, -0.1) is 0 Å². The highest BCUT2D eigenvalue weighted by Gasteiger charge is 2.49. The second-order valence-electron chi connectivity index (χ2n) is 4.01. The van der Waals surface area contributed by atoms with Gasteiger partial charge in [0.1, 0.15) is 0 Å². The van der Waals surface area contributed by atoms with Crippen molar-refractivity contribution < 1.29 is 9.90 Å². The van der Waals surface area contributed by atoms with E-state index >= 15 is 0 Å². The first kappa shape index (κ1) is 11.5.